The zero-order chi connectivity index (χ0) is 18.2. The van der Waals surface area contributed by atoms with Crippen molar-refractivity contribution in [1.82, 2.24) is 9.97 Å². The van der Waals surface area contributed by atoms with Crippen LogP contribution in [-0.4, -0.2) is 16.6 Å². The molecular formula is C23H32N2O. The van der Waals surface area contributed by atoms with Crippen LogP contribution in [0.2, 0.25) is 0 Å². The molecule has 0 saturated heterocycles. The van der Waals surface area contributed by atoms with Crippen molar-refractivity contribution in [2.75, 3.05) is 6.61 Å². The van der Waals surface area contributed by atoms with Crippen LogP contribution in [0.5, 0.6) is 5.75 Å². The van der Waals surface area contributed by atoms with Crippen molar-refractivity contribution in [2.45, 2.75) is 65.2 Å². The number of aryl methyl sites for hydroxylation is 1. The maximum Gasteiger partial charge on any atom is 0.159 e. The van der Waals surface area contributed by atoms with E-state index in [4.69, 9.17) is 4.74 Å². The van der Waals surface area contributed by atoms with Crippen molar-refractivity contribution in [3.05, 3.63) is 42.2 Å². The van der Waals surface area contributed by atoms with Crippen LogP contribution in [0.3, 0.4) is 0 Å². The minimum absolute atomic E-state index is 0.720. The fourth-order valence-corrected chi connectivity index (χ4v) is 3.93. The number of nitrogens with zero attached hydrogens (tertiary/aromatic N) is 2. The van der Waals surface area contributed by atoms with Crippen molar-refractivity contribution in [1.29, 1.82) is 0 Å². The Labute approximate surface area is 158 Å². The van der Waals surface area contributed by atoms with Gasteiger partial charge >= 0.3 is 0 Å². The minimum Gasteiger partial charge on any atom is -0.493 e. The highest BCUT2D eigenvalue weighted by atomic mass is 16.5. The molecule has 3 nitrogen and oxygen atoms in total. The summed E-state index contributed by atoms with van der Waals surface area (Å²) in [4.78, 5) is 8.97. The average molecular weight is 353 g/mol. The van der Waals surface area contributed by atoms with Gasteiger partial charge in [-0.3, -0.25) is 0 Å². The summed E-state index contributed by atoms with van der Waals surface area (Å²) in [5, 5.41) is 0. The predicted octanol–water partition coefficient (Wildman–Crippen LogP) is 6.08. The molecule has 1 aromatic heterocycles. The first-order valence-corrected chi connectivity index (χ1v) is 10.3. The third kappa shape index (κ3) is 5.30. The van der Waals surface area contributed by atoms with Gasteiger partial charge in [0.1, 0.15) is 5.75 Å². The van der Waals surface area contributed by atoms with Crippen LogP contribution < -0.4 is 4.74 Å². The summed E-state index contributed by atoms with van der Waals surface area (Å²) in [7, 11) is 0. The van der Waals surface area contributed by atoms with E-state index in [0.717, 1.165) is 48.4 Å². The van der Waals surface area contributed by atoms with Crippen LogP contribution in [0.15, 0.2) is 36.7 Å². The zero-order valence-electron chi connectivity index (χ0n) is 16.3. The van der Waals surface area contributed by atoms with Gasteiger partial charge in [-0.1, -0.05) is 46.0 Å². The molecule has 2 aromatic rings. The van der Waals surface area contributed by atoms with Crippen molar-refractivity contribution in [3.8, 4) is 17.1 Å². The maximum atomic E-state index is 6.04. The van der Waals surface area contributed by atoms with Crippen molar-refractivity contribution in [3.63, 3.8) is 0 Å². The molecule has 1 aliphatic carbocycles. The molecule has 1 aromatic carbocycles. The van der Waals surface area contributed by atoms with Crippen LogP contribution in [0.25, 0.3) is 11.4 Å². The first kappa shape index (κ1) is 18.9. The van der Waals surface area contributed by atoms with E-state index in [-0.39, 0.29) is 0 Å². The summed E-state index contributed by atoms with van der Waals surface area (Å²) in [6, 6.07) is 8.20. The lowest BCUT2D eigenvalue weighted by atomic mass is 9.80. The van der Waals surface area contributed by atoms with Crippen molar-refractivity contribution >= 4 is 0 Å². The number of hydrogen-bond acceptors (Lipinski definition) is 3. The third-order valence-electron chi connectivity index (χ3n) is 5.51. The quantitative estimate of drug-likeness (QED) is 0.577. The van der Waals surface area contributed by atoms with Gasteiger partial charge in [-0.05, 0) is 60.9 Å². The smallest absolute Gasteiger partial charge is 0.159 e. The molecule has 0 aliphatic heterocycles. The Morgan fingerprint density at radius 2 is 1.54 bits per heavy atom. The molecule has 1 saturated carbocycles. The topological polar surface area (TPSA) is 35.0 Å². The largest absolute Gasteiger partial charge is 0.493 e. The molecule has 3 rings (SSSR count). The summed E-state index contributed by atoms with van der Waals surface area (Å²) in [5.41, 5.74) is 2.24. The molecule has 0 unspecified atom stereocenters. The third-order valence-corrected chi connectivity index (χ3v) is 5.51. The van der Waals surface area contributed by atoms with Gasteiger partial charge in [0, 0.05) is 18.0 Å². The first-order valence-electron chi connectivity index (χ1n) is 10.3. The molecule has 1 fully saturated rings. The Morgan fingerprint density at radius 3 is 2.15 bits per heavy atom. The number of hydrogen-bond donors (Lipinski definition) is 0. The van der Waals surface area contributed by atoms with Gasteiger partial charge in [0.05, 0.1) is 6.61 Å². The summed E-state index contributed by atoms with van der Waals surface area (Å²) in [6.45, 7) is 5.31. The molecule has 0 amide bonds. The summed E-state index contributed by atoms with van der Waals surface area (Å²) >= 11 is 0. The van der Waals surface area contributed by atoms with Gasteiger partial charge < -0.3 is 4.74 Å². The molecule has 1 aliphatic rings. The molecule has 26 heavy (non-hydrogen) atoms. The van der Waals surface area contributed by atoms with Crippen LogP contribution in [-0.2, 0) is 6.42 Å². The van der Waals surface area contributed by atoms with Crippen LogP contribution in [0.4, 0.5) is 0 Å². The van der Waals surface area contributed by atoms with Crippen LogP contribution in [0, 0.1) is 11.8 Å². The average Bonchev–Trinajstić information content (AvgIpc) is 2.69. The fourth-order valence-electron chi connectivity index (χ4n) is 3.93. The highest BCUT2D eigenvalue weighted by molar-refractivity contribution is 5.55. The highest BCUT2D eigenvalue weighted by Gasteiger charge is 2.20. The number of rotatable bonds is 8. The molecule has 3 heteroatoms. The van der Waals surface area contributed by atoms with Gasteiger partial charge in [-0.15, -0.1) is 0 Å². The summed E-state index contributed by atoms with van der Waals surface area (Å²) < 4.78 is 6.04. The van der Waals surface area contributed by atoms with Gasteiger partial charge in [-0.25, -0.2) is 9.97 Å². The lowest BCUT2D eigenvalue weighted by Gasteiger charge is -2.28. The molecule has 0 N–H and O–H groups in total. The van der Waals surface area contributed by atoms with E-state index in [2.05, 4.69) is 35.9 Å². The highest BCUT2D eigenvalue weighted by Crippen LogP contribution is 2.32. The first-order chi connectivity index (χ1) is 12.8. The lowest BCUT2D eigenvalue weighted by molar-refractivity contribution is 0.178. The van der Waals surface area contributed by atoms with Gasteiger partial charge in [-0.2, -0.15) is 0 Å². The Hall–Kier alpha value is -1.90. The van der Waals surface area contributed by atoms with E-state index in [1.807, 2.05) is 24.5 Å². The Bertz CT molecular complexity index is 643. The molecule has 0 spiro atoms. The van der Waals surface area contributed by atoms with Gasteiger partial charge in [0.25, 0.3) is 0 Å². The fraction of sp³-hybridized carbons (Fsp3) is 0.565. The van der Waals surface area contributed by atoms with Crippen LogP contribution >= 0.6 is 0 Å². The minimum atomic E-state index is 0.720. The lowest BCUT2D eigenvalue weighted by Crippen LogP contribution is -2.20. The normalized spacial score (nSPS) is 20.1. The van der Waals surface area contributed by atoms with Gasteiger partial charge in [0.2, 0.25) is 0 Å². The van der Waals surface area contributed by atoms with Crippen LogP contribution in [0.1, 0.15) is 64.4 Å². The molecule has 140 valence electrons. The number of benzene rings is 1. The Balaban J connectivity index is 1.49. The van der Waals surface area contributed by atoms with Crippen molar-refractivity contribution < 1.29 is 4.74 Å². The second kappa shape index (κ2) is 9.70. The summed E-state index contributed by atoms with van der Waals surface area (Å²) in [6.07, 6.45) is 14.2. The number of aromatic nitrogens is 2. The molecular weight excluding hydrogens is 320 g/mol. The number of ether oxygens (including phenoxy) is 1. The van der Waals surface area contributed by atoms with Gasteiger partial charge in [0.15, 0.2) is 5.82 Å². The SMILES string of the molecule is CCCc1cnc(-c2ccc(OC[C@H]3CC[C@H](CCC)CC3)cc2)nc1. The second-order valence-electron chi connectivity index (χ2n) is 7.68. The van der Waals surface area contributed by atoms with E-state index in [0.29, 0.717) is 0 Å². The van der Waals surface area contributed by atoms with E-state index in [1.54, 1.807) is 0 Å². The van der Waals surface area contributed by atoms with E-state index in [9.17, 15) is 0 Å². The summed E-state index contributed by atoms with van der Waals surface area (Å²) in [5.74, 6) is 3.41. The van der Waals surface area contributed by atoms with Crippen molar-refractivity contribution in [2.24, 2.45) is 11.8 Å². The zero-order valence-corrected chi connectivity index (χ0v) is 16.3. The standard InChI is InChI=1S/C23H32N2O/c1-3-5-18-7-9-19(10-8-18)17-26-22-13-11-21(12-14-22)23-24-15-20(6-4-2)16-25-23/h11-16,18-19H,3-10,17H2,1-2H3/t18-,19-. The molecule has 1 heterocycles. The molecule has 0 radical (unpaired) electrons. The predicted molar refractivity (Wildman–Crippen MR) is 107 cm³/mol. The van der Waals surface area contributed by atoms with E-state index in [1.165, 1.54) is 44.1 Å². The molecule has 0 bridgehead atoms. The maximum absolute atomic E-state index is 6.04. The molecule has 0 atom stereocenters. The monoisotopic (exact) mass is 352 g/mol. The Morgan fingerprint density at radius 1 is 0.885 bits per heavy atom. The Kier molecular flexibility index (Phi) is 7.04. The van der Waals surface area contributed by atoms with E-state index >= 15 is 0 Å². The van der Waals surface area contributed by atoms with E-state index < -0.39 is 0 Å². The second-order valence-corrected chi connectivity index (χ2v) is 7.68.